The summed E-state index contributed by atoms with van der Waals surface area (Å²) in [7, 11) is 0. The number of carbonyl (C=O) groups is 1. The van der Waals surface area contributed by atoms with Gasteiger partial charge in [0.1, 0.15) is 0 Å². The van der Waals surface area contributed by atoms with Crippen LogP contribution in [0.1, 0.15) is 12.0 Å². The number of hydrogen-bond donors (Lipinski definition) is 0. The Morgan fingerprint density at radius 3 is 3.08 bits per heavy atom. The summed E-state index contributed by atoms with van der Waals surface area (Å²) in [6.45, 7) is 0.840. The van der Waals surface area contributed by atoms with Crippen molar-refractivity contribution in [3.8, 4) is 0 Å². The molecule has 1 aromatic carbocycles. The highest BCUT2D eigenvalue weighted by Crippen LogP contribution is 2.31. The molecular weight excluding hydrogens is 230 g/mol. The van der Waals surface area contributed by atoms with Crippen molar-refractivity contribution in [3.63, 3.8) is 0 Å². The van der Waals surface area contributed by atoms with Gasteiger partial charge in [0.05, 0.1) is 0 Å². The lowest BCUT2D eigenvalue weighted by molar-refractivity contribution is -0.107. The summed E-state index contributed by atoms with van der Waals surface area (Å²) in [4.78, 5) is 12.5. The molecule has 2 nitrogen and oxygen atoms in total. The Labute approximate surface area is 85.7 Å². The molecule has 1 aliphatic heterocycles. The number of fused-ring (bicyclic) bond motifs is 1. The van der Waals surface area contributed by atoms with Crippen LogP contribution in [-0.4, -0.2) is 13.0 Å². The van der Waals surface area contributed by atoms with Crippen LogP contribution in [0.25, 0.3) is 0 Å². The van der Waals surface area contributed by atoms with Gasteiger partial charge >= 0.3 is 0 Å². The van der Waals surface area contributed by atoms with Crippen LogP contribution in [0.3, 0.4) is 0 Å². The lowest BCUT2D eigenvalue weighted by Crippen LogP contribution is -2.27. The van der Waals surface area contributed by atoms with Crippen molar-refractivity contribution in [1.29, 1.82) is 0 Å². The van der Waals surface area contributed by atoms with E-state index in [1.165, 1.54) is 5.56 Å². The molecule has 0 saturated heterocycles. The quantitative estimate of drug-likeness (QED) is 0.690. The third-order valence-electron chi connectivity index (χ3n) is 2.36. The van der Waals surface area contributed by atoms with E-state index in [1.807, 2.05) is 18.2 Å². The molecule has 0 radical (unpaired) electrons. The van der Waals surface area contributed by atoms with Crippen molar-refractivity contribution in [2.45, 2.75) is 12.8 Å². The summed E-state index contributed by atoms with van der Waals surface area (Å²) in [5, 5.41) is 0. The van der Waals surface area contributed by atoms with E-state index >= 15 is 0 Å². The molecule has 13 heavy (non-hydrogen) atoms. The van der Waals surface area contributed by atoms with Gasteiger partial charge in [-0.3, -0.25) is 4.79 Å². The second kappa shape index (κ2) is 3.50. The first-order valence-corrected chi connectivity index (χ1v) is 5.11. The summed E-state index contributed by atoms with van der Waals surface area (Å²) >= 11 is 3.50. The monoisotopic (exact) mass is 239 g/mol. The van der Waals surface area contributed by atoms with E-state index in [0.29, 0.717) is 0 Å². The molecule has 0 aromatic heterocycles. The normalized spacial score (nSPS) is 15.3. The van der Waals surface area contributed by atoms with Gasteiger partial charge in [0.25, 0.3) is 0 Å². The second-order valence-corrected chi connectivity index (χ2v) is 3.99. The fourth-order valence-electron chi connectivity index (χ4n) is 1.72. The summed E-state index contributed by atoms with van der Waals surface area (Å²) in [6, 6.07) is 5.98. The first-order valence-electron chi connectivity index (χ1n) is 4.32. The lowest BCUT2D eigenvalue weighted by atomic mass is 10.0. The molecule has 3 heteroatoms. The molecule has 2 rings (SSSR count). The van der Waals surface area contributed by atoms with E-state index in [1.54, 1.807) is 4.90 Å². The van der Waals surface area contributed by atoms with Gasteiger partial charge in [0, 0.05) is 16.7 Å². The Morgan fingerprint density at radius 2 is 2.31 bits per heavy atom. The van der Waals surface area contributed by atoms with E-state index in [0.717, 1.165) is 36.0 Å². The number of halogens is 1. The van der Waals surface area contributed by atoms with Crippen molar-refractivity contribution in [2.75, 3.05) is 11.4 Å². The van der Waals surface area contributed by atoms with Crippen molar-refractivity contribution in [3.05, 3.63) is 28.2 Å². The number of amides is 1. The van der Waals surface area contributed by atoms with Crippen LogP contribution in [0.4, 0.5) is 5.69 Å². The minimum absolute atomic E-state index is 0.840. The number of nitrogens with zero attached hydrogens (tertiary/aromatic N) is 1. The SMILES string of the molecule is O=CN1CCCc2c(Br)cccc21. The molecule has 1 aromatic rings. The van der Waals surface area contributed by atoms with Crippen LogP contribution >= 0.6 is 15.9 Å². The van der Waals surface area contributed by atoms with Crippen LogP contribution < -0.4 is 4.90 Å². The highest BCUT2D eigenvalue weighted by Gasteiger charge is 2.17. The van der Waals surface area contributed by atoms with Crippen LogP contribution in [-0.2, 0) is 11.2 Å². The molecule has 0 spiro atoms. The van der Waals surface area contributed by atoms with Gasteiger partial charge in [0.15, 0.2) is 0 Å². The Kier molecular flexibility index (Phi) is 2.36. The molecule has 0 bridgehead atoms. The van der Waals surface area contributed by atoms with Gasteiger partial charge in [-0.1, -0.05) is 22.0 Å². The van der Waals surface area contributed by atoms with Gasteiger partial charge < -0.3 is 4.90 Å². The van der Waals surface area contributed by atoms with Crippen molar-refractivity contribution < 1.29 is 4.79 Å². The molecule has 1 amide bonds. The summed E-state index contributed by atoms with van der Waals surface area (Å²) < 4.78 is 1.11. The number of carbonyl (C=O) groups excluding carboxylic acids is 1. The smallest absolute Gasteiger partial charge is 0.214 e. The first kappa shape index (κ1) is 8.75. The van der Waals surface area contributed by atoms with Gasteiger partial charge in [-0.25, -0.2) is 0 Å². The third-order valence-corrected chi connectivity index (χ3v) is 3.10. The second-order valence-electron chi connectivity index (χ2n) is 3.14. The molecule has 0 N–H and O–H groups in total. The van der Waals surface area contributed by atoms with Gasteiger partial charge in [-0.2, -0.15) is 0 Å². The highest BCUT2D eigenvalue weighted by molar-refractivity contribution is 9.10. The zero-order chi connectivity index (χ0) is 9.26. The maximum absolute atomic E-state index is 10.7. The van der Waals surface area contributed by atoms with E-state index in [2.05, 4.69) is 15.9 Å². The largest absolute Gasteiger partial charge is 0.315 e. The van der Waals surface area contributed by atoms with E-state index in [-0.39, 0.29) is 0 Å². The van der Waals surface area contributed by atoms with E-state index in [4.69, 9.17) is 0 Å². The Morgan fingerprint density at radius 1 is 1.46 bits per heavy atom. The Balaban J connectivity index is 2.51. The third kappa shape index (κ3) is 1.48. The fourth-order valence-corrected chi connectivity index (χ4v) is 2.27. The average Bonchev–Trinajstić information content (AvgIpc) is 2.18. The summed E-state index contributed by atoms with van der Waals surface area (Å²) in [5.41, 5.74) is 2.30. The highest BCUT2D eigenvalue weighted by atomic mass is 79.9. The maximum Gasteiger partial charge on any atom is 0.214 e. The molecular formula is C10H10BrNO. The fraction of sp³-hybridized carbons (Fsp3) is 0.300. The van der Waals surface area contributed by atoms with Gasteiger partial charge in [-0.05, 0) is 30.5 Å². The molecule has 0 aliphatic carbocycles. The van der Waals surface area contributed by atoms with E-state index < -0.39 is 0 Å². The molecule has 0 unspecified atom stereocenters. The molecule has 1 heterocycles. The van der Waals surface area contributed by atoms with Gasteiger partial charge in [0.2, 0.25) is 6.41 Å². The van der Waals surface area contributed by atoms with Crippen molar-refractivity contribution >= 4 is 28.0 Å². The number of anilines is 1. The predicted octanol–water partition coefficient (Wildman–Crippen LogP) is 2.36. The minimum Gasteiger partial charge on any atom is -0.315 e. The predicted molar refractivity (Wildman–Crippen MR) is 55.9 cm³/mol. The number of benzene rings is 1. The van der Waals surface area contributed by atoms with Crippen LogP contribution in [0.2, 0.25) is 0 Å². The number of hydrogen-bond acceptors (Lipinski definition) is 1. The van der Waals surface area contributed by atoms with Crippen molar-refractivity contribution in [1.82, 2.24) is 0 Å². The Bertz CT molecular complexity index is 338. The molecule has 1 aliphatic rings. The molecule has 0 fully saturated rings. The summed E-state index contributed by atoms with van der Waals surface area (Å²) in [5.74, 6) is 0. The Hall–Kier alpha value is -0.830. The zero-order valence-electron chi connectivity index (χ0n) is 7.16. The molecule has 0 atom stereocenters. The van der Waals surface area contributed by atoms with Crippen LogP contribution in [0.15, 0.2) is 22.7 Å². The van der Waals surface area contributed by atoms with E-state index in [9.17, 15) is 4.79 Å². The average molecular weight is 240 g/mol. The first-order chi connectivity index (χ1) is 6.33. The minimum atomic E-state index is 0.840. The summed E-state index contributed by atoms with van der Waals surface area (Å²) in [6.07, 6.45) is 3.01. The maximum atomic E-state index is 10.7. The topological polar surface area (TPSA) is 20.3 Å². The lowest BCUT2D eigenvalue weighted by Gasteiger charge is -2.26. The molecule has 68 valence electrons. The number of rotatable bonds is 1. The van der Waals surface area contributed by atoms with Gasteiger partial charge in [-0.15, -0.1) is 0 Å². The van der Waals surface area contributed by atoms with Crippen LogP contribution in [0.5, 0.6) is 0 Å². The molecule has 0 saturated carbocycles. The van der Waals surface area contributed by atoms with Crippen LogP contribution in [0, 0.1) is 0 Å². The zero-order valence-corrected chi connectivity index (χ0v) is 8.75. The van der Waals surface area contributed by atoms with Crippen molar-refractivity contribution in [2.24, 2.45) is 0 Å². The standard InChI is InChI=1S/C10H10BrNO/c11-9-4-1-5-10-8(9)3-2-6-12(10)7-13/h1,4-5,7H,2-3,6H2.